The minimum atomic E-state index is -2.42. The molecule has 0 bridgehead atoms. The summed E-state index contributed by atoms with van der Waals surface area (Å²) < 4.78 is 11.9. The van der Waals surface area contributed by atoms with E-state index in [2.05, 4.69) is 42.5 Å². The first kappa shape index (κ1) is 15.8. The zero-order chi connectivity index (χ0) is 15.6. The zero-order valence-electron chi connectivity index (χ0n) is 13.1. The number of hydrogen-bond acceptors (Lipinski definition) is 2. The quantitative estimate of drug-likeness (QED) is 0.504. The maximum atomic E-state index is 5.96. The number of alkyl halides is 1. The molecule has 4 heteroatoms. The molecule has 0 N–H and O–H groups in total. The molecule has 0 saturated carbocycles. The molecule has 22 heavy (non-hydrogen) atoms. The minimum absolute atomic E-state index is 0.636. The van der Waals surface area contributed by atoms with Gasteiger partial charge in [-0.1, -0.05) is 42.5 Å². The second-order valence-electron chi connectivity index (χ2n) is 5.62. The SMILES string of the molecule is CO[Si](CCCCl)(OC)c1cccc2c1Cc1ccccc1-2. The molecular formula is C18H21ClO2Si. The molecule has 0 atom stereocenters. The Balaban J connectivity index is 2.10. The van der Waals surface area contributed by atoms with E-state index in [4.69, 9.17) is 20.5 Å². The highest BCUT2D eigenvalue weighted by Gasteiger charge is 2.41. The largest absolute Gasteiger partial charge is 0.394 e. The first-order chi connectivity index (χ1) is 10.8. The zero-order valence-corrected chi connectivity index (χ0v) is 14.8. The maximum Gasteiger partial charge on any atom is 0.372 e. The number of halogens is 1. The smallest absolute Gasteiger partial charge is 0.372 e. The van der Waals surface area contributed by atoms with Crippen LogP contribution < -0.4 is 5.19 Å². The highest BCUT2D eigenvalue weighted by Crippen LogP contribution is 2.36. The standard InChI is InChI=1S/C18H21ClO2Si/c1-20-22(21-2,12-6-11-19)18-10-5-9-16-15-8-4-3-7-14(15)13-17(16)18/h3-5,7-10H,6,11-13H2,1-2H3. The van der Waals surface area contributed by atoms with E-state index in [1.54, 1.807) is 14.2 Å². The van der Waals surface area contributed by atoms with Crippen molar-refractivity contribution in [2.24, 2.45) is 0 Å². The van der Waals surface area contributed by atoms with Gasteiger partial charge in [0.05, 0.1) is 0 Å². The summed E-state index contributed by atoms with van der Waals surface area (Å²) in [6.45, 7) is 0. The van der Waals surface area contributed by atoms with E-state index in [1.165, 1.54) is 27.4 Å². The second kappa shape index (κ2) is 6.55. The number of fused-ring (bicyclic) bond motifs is 3. The van der Waals surface area contributed by atoms with Crippen molar-refractivity contribution in [3.05, 3.63) is 53.6 Å². The Labute approximate surface area is 138 Å². The van der Waals surface area contributed by atoms with E-state index >= 15 is 0 Å². The van der Waals surface area contributed by atoms with Crippen LogP contribution >= 0.6 is 11.6 Å². The summed E-state index contributed by atoms with van der Waals surface area (Å²) >= 11 is 5.91. The monoisotopic (exact) mass is 332 g/mol. The fourth-order valence-electron chi connectivity index (χ4n) is 3.46. The Bertz CT molecular complexity index is 668. The van der Waals surface area contributed by atoms with Gasteiger partial charge in [-0.25, -0.2) is 0 Å². The van der Waals surface area contributed by atoms with Gasteiger partial charge < -0.3 is 8.85 Å². The molecule has 1 aliphatic rings. The van der Waals surface area contributed by atoms with Crippen LogP contribution in [0.15, 0.2) is 42.5 Å². The van der Waals surface area contributed by atoms with E-state index < -0.39 is 8.56 Å². The van der Waals surface area contributed by atoms with E-state index in [0.717, 1.165) is 18.9 Å². The van der Waals surface area contributed by atoms with Gasteiger partial charge in [-0.2, -0.15) is 0 Å². The molecule has 0 unspecified atom stereocenters. The van der Waals surface area contributed by atoms with Crippen LogP contribution in [0.2, 0.25) is 6.04 Å². The van der Waals surface area contributed by atoms with Crippen molar-refractivity contribution in [3.8, 4) is 11.1 Å². The highest BCUT2D eigenvalue weighted by molar-refractivity contribution is 6.81. The molecule has 2 nitrogen and oxygen atoms in total. The Morgan fingerprint density at radius 3 is 2.45 bits per heavy atom. The third-order valence-corrected chi connectivity index (χ3v) is 8.45. The summed E-state index contributed by atoms with van der Waals surface area (Å²) in [4.78, 5) is 0. The van der Waals surface area contributed by atoms with Crippen LogP contribution in [-0.4, -0.2) is 28.7 Å². The van der Waals surface area contributed by atoms with Crippen molar-refractivity contribution in [2.75, 3.05) is 20.1 Å². The van der Waals surface area contributed by atoms with E-state index in [-0.39, 0.29) is 0 Å². The fraction of sp³-hybridized carbons (Fsp3) is 0.333. The lowest BCUT2D eigenvalue weighted by Gasteiger charge is -2.29. The Kier molecular flexibility index (Phi) is 4.69. The minimum Gasteiger partial charge on any atom is -0.394 e. The van der Waals surface area contributed by atoms with E-state index in [9.17, 15) is 0 Å². The number of benzene rings is 2. The predicted octanol–water partition coefficient (Wildman–Crippen LogP) is 3.83. The van der Waals surface area contributed by atoms with Gasteiger partial charge in [-0.3, -0.25) is 0 Å². The summed E-state index contributed by atoms with van der Waals surface area (Å²) in [5.74, 6) is 0.636. The molecule has 2 aromatic rings. The summed E-state index contributed by atoms with van der Waals surface area (Å²) in [5.41, 5.74) is 5.42. The Hall–Kier alpha value is -1.13. The normalized spacial score (nSPS) is 13.0. The van der Waals surface area contributed by atoms with Gasteiger partial charge in [0.1, 0.15) is 0 Å². The maximum absolute atomic E-state index is 5.96. The van der Waals surface area contributed by atoms with Gasteiger partial charge in [-0.15, -0.1) is 11.6 Å². The van der Waals surface area contributed by atoms with Crippen LogP contribution in [0.3, 0.4) is 0 Å². The molecule has 0 saturated heterocycles. The van der Waals surface area contributed by atoms with Crippen LogP contribution in [0, 0.1) is 0 Å². The van der Waals surface area contributed by atoms with Crippen molar-refractivity contribution < 1.29 is 8.85 Å². The number of hydrogen-bond donors (Lipinski definition) is 0. The molecule has 0 aliphatic heterocycles. The van der Waals surface area contributed by atoms with Crippen LogP contribution in [0.5, 0.6) is 0 Å². The van der Waals surface area contributed by atoms with Crippen LogP contribution in [-0.2, 0) is 15.3 Å². The van der Waals surface area contributed by atoms with Crippen LogP contribution in [0.1, 0.15) is 17.5 Å². The first-order valence-corrected chi connectivity index (χ1v) is 10.2. The van der Waals surface area contributed by atoms with Gasteiger partial charge in [-0.05, 0) is 46.3 Å². The van der Waals surface area contributed by atoms with E-state index in [1.807, 2.05) is 0 Å². The van der Waals surface area contributed by atoms with E-state index in [0.29, 0.717) is 5.88 Å². The third kappa shape index (κ3) is 2.52. The van der Waals surface area contributed by atoms with Gasteiger partial charge in [0.15, 0.2) is 0 Å². The van der Waals surface area contributed by atoms with Crippen molar-refractivity contribution in [1.29, 1.82) is 0 Å². The average molecular weight is 333 g/mol. The van der Waals surface area contributed by atoms with Crippen molar-refractivity contribution in [1.82, 2.24) is 0 Å². The summed E-state index contributed by atoms with van der Waals surface area (Å²) in [5, 5.41) is 1.26. The lowest BCUT2D eigenvalue weighted by atomic mass is 10.1. The van der Waals surface area contributed by atoms with Gasteiger partial charge in [0, 0.05) is 20.1 Å². The Morgan fingerprint density at radius 2 is 1.73 bits per heavy atom. The van der Waals surface area contributed by atoms with Crippen molar-refractivity contribution in [3.63, 3.8) is 0 Å². The number of rotatable bonds is 6. The molecule has 2 aromatic carbocycles. The third-order valence-electron chi connectivity index (χ3n) is 4.56. The molecule has 116 valence electrons. The molecule has 0 radical (unpaired) electrons. The Morgan fingerprint density at radius 1 is 1.00 bits per heavy atom. The lowest BCUT2D eigenvalue weighted by molar-refractivity contribution is 0.257. The lowest BCUT2D eigenvalue weighted by Crippen LogP contribution is -2.53. The van der Waals surface area contributed by atoms with Gasteiger partial charge in [0.2, 0.25) is 0 Å². The van der Waals surface area contributed by atoms with Crippen LogP contribution in [0.4, 0.5) is 0 Å². The summed E-state index contributed by atoms with van der Waals surface area (Å²) in [6, 6.07) is 16.0. The summed E-state index contributed by atoms with van der Waals surface area (Å²) in [6.07, 6.45) is 1.87. The molecule has 0 fully saturated rings. The van der Waals surface area contributed by atoms with Gasteiger partial charge >= 0.3 is 8.56 Å². The molecule has 0 spiro atoms. The molecule has 3 rings (SSSR count). The molecule has 0 amide bonds. The topological polar surface area (TPSA) is 18.5 Å². The predicted molar refractivity (Wildman–Crippen MR) is 94.2 cm³/mol. The van der Waals surface area contributed by atoms with Crippen molar-refractivity contribution >= 4 is 25.3 Å². The van der Waals surface area contributed by atoms with Crippen molar-refractivity contribution in [2.45, 2.75) is 18.9 Å². The first-order valence-electron chi connectivity index (χ1n) is 7.62. The molecule has 0 heterocycles. The molecule has 0 aromatic heterocycles. The average Bonchev–Trinajstić information content (AvgIpc) is 2.95. The molecule has 1 aliphatic carbocycles. The van der Waals surface area contributed by atoms with Crippen LogP contribution in [0.25, 0.3) is 11.1 Å². The highest BCUT2D eigenvalue weighted by atomic mass is 35.5. The van der Waals surface area contributed by atoms with Gasteiger partial charge in [0.25, 0.3) is 0 Å². The second-order valence-corrected chi connectivity index (χ2v) is 9.36. The molecular weight excluding hydrogens is 312 g/mol. The summed E-state index contributed by atoms with van der Waals surface area (Å²) in [7, 11) is 1.12. The fourth-order valence-corrected chi connectivity index (χ4v) is 6.77.